The zero-order valence-electron chi connectivity index (χ0n) is 9.13. The number of hydrogen-bond donors (Lipinski definition) is 1. The van der Waals surface area contributed by atoms with Gasteiger partial charge in [-0.25, -0.2) is 0 Å². The minimum atomic E-state index is -0.697. The molecule has 78 valence electrons. The zero-order chi connectivity index (χ0) is 10.5. The van der Waals surface area contributed by atoms with Gasteiger partial charge >= 0.3 is 5.97 Å². The second kappa shape index (κ2) is 5.22. The Morgan fingerprint density at radius 3 is 2.23 bits per heavy atom. The molecule has 0 atom stereocenters. The molecular weight excluding hydrogens is 166 g/mol. The van der Waals surface area contributed by atoms with Crippen molar-refractivity contribution in [2.24, 2.45) is 5.41 Å². The Kier molecular flexibility index (Phi) is 4.99. The number of unbranched alkanes of at least 4 members (excludes halogenated alkanes) is 1. The molecule has 0 aromatic heterocycles. The number of carboxylic acid groups (broad SMARTS) is 1. The van der Waals surface area contributed by atoms with Crippen molar-refractivity contribution >= 4 is 5.97 Å². The van der Waals surface area contributed by atoms with E-state index in [1.165, 1.54) is 0 Å². The lowest BCUT2D eigenvalue weighted by molar-refractivity contribution is -0.147. The van der Waals surface area contributed by atoms with Gasteiger partial charge in [0.1, 0.15) is 0 Å². The number of hydrogen-bond acceptors (Lipinski definition) is 2. The van der Waals surface area contributed by atoms with E-state index < -0.39 is 11.4 Å². The summed E-state index contributed by atoms with van der Waals surface area (Å²) in [5.74, 6) is -0.697. The number of aliphatic carboxylic acids is 1. The van der Waals surface area contributed by atoms with E-state index in [4.69, 9.17) is 5.11 Å². The molecule has 0 aromatic rings. The molecule has 0 unspecified atom stereocenters. The molecule has 0 spiro atoms. The quantitative estimate of drug-likeness (QED) is 0.645. The van der Waals surface area contributed by atoms with Crippen molar-refractivity contribution in [2.75, 3.05) is 20.6 Å². The Morgan fingerprint density at radius 1 is 1.31 bits per heavy atom. The molecule has 3 heteroatoms. The topological polar surface area (TPSA) is 40.5 Å². The van der Waals surface area contributed by atoms with Crippen LogP contribution in [0.25, 0.3) is 0 Å². The third-order valence-corrected chi connectivity index (χ3v) is 2.24. The average Bonchev–Trinajstić information content (AvgIpc) is 1.97. The first-order valence-electron chi connectivity index (χ1n) is 4.74. The zero-order valence-corrected chi connectivity index (χ0v) is 9.13. The van der Waals surface area contributed by atoms with Crippen LogP contribution in [0.5, 0.6) is 0 Å². The Morgan fingerprint density at radius 2 is 1.85 bits per heavy atom. The molecule has 0 heterocycles. The summed E-state index contributed by atoms with van der Waals surface area (Å²) in [6.45, 7) is 4.60. The van der Waals surface area contributed by atoms with Gasteiger partial charge in [0.15, 0.2) is 0 Å². The van der Waals surface area contributed by atoms with Gasteiger partial charge in [0.25, 0.3) is 0 Å². The van der Waals surface area contributed by atoms with Crippen LogP contribution in [-0.4, -0.2) is 36.6 Å². The first kappa shape index (κ1) is 12.4. The number of nitrogens with zero attached hydrogens (tertiary/aromatic N) is 1. The van der Waals surface area contributed by atoms with Crippen molar-refractivity contribution in [1.29, 1.82) is 0 Å². The Balaban J connectivity index is 3.58. The van der Waals surface area contributed by atoms with E-state index in [1.54, 1.807) is 13.8 Å². The van der Waals surface area contributed by atoms with Crippen LogP contribution in [0.2, 0.25) is 0 Å². The van der Waals surface area contributed by atoms with Crippen molar-refractivity contribution in [2.45, 2.75) is 33.1 Å². The van der Waals surface area contributed by atoms with E-state index in [0.717, 1.165) is 25.8 Å². The standard InChI is InChI=1S/C10H21NO2/c1-10(2,9(12)13)7-5-6-8-11(3)4/h5-8H2,1-4H3,(H,12,13). The summed E-state index contributed by atoms with van der Waals surface area (Å²) in [5.41, 5.74) is -0.563. The molecule has 0 bridgehead atoms. The average molecular weight is 187 g/mol. The fourth-order valence-electron chi connectivity index (χ4n) is 1.10. The normalized spacial score (nSPS) is 12.1. The molecule has 0 rings (SSSR count). The smallest absolute Gasteiger partial charge is 0.309 e. The second-order valence-electron chi connectivity index (χ2n) is 4.45. The van der Waals surface area contributed by atoms with Crippen molar-refractivity contribution in [1.82, 2.24) is 4.90 Å². The van der Waals surface area contributed by atoms with Crippen LogP contribution in [0.15, 0.2) is 0 Å². The van der Waals surface area contributed by atoms with Crippen molar-refractivity contribution < 1.29 is 9.90 Å². The summed E-state index contributed by atoms with van der Waals surface area (Å²) in [6.07, 6.45) is 2.82. The lowest BCUT2D eigenvalue weighted by atomic mass is 9.87. The SMILES string of the molecule is CN(C)CCCCC(C)(C)C(=O)O. The van der Waals surface area contributed by atoms with Crippen LogP contribution >= 0.6 is 0 Å². The van der Waals surface area contributed by atoms with Crippen LogP contribution in [0.3, 0.4) is 0 Å². The molecule has 0 aliphatic heterocycles. The largest absolute Gasteiger partial charge is 0.481 e. The third-order valence-electron chi connectivity index (χ3n) is 2.24. The number of carbonyl (C=O) groups is 1. The predicted molar refractivity (Wildman–Crippen MR) is 53.8 cm³/mol. The Hall–Kier alpha value is -0.570. The highest BCUT2D eigenvalue weighted by Gasteiger charge is 2.25. The van der Waals surface area contributed by atoms with Crippen LogP contribution in [0.1, 0.15) is 33.1 Å². The van der Waals surface area contributed by atoms with Gasteiger partial charge in [0.2, 0.25) is 0 Å². The molecule has 0 amide bonds. The van der Waals surface area contributed by atoms with E-state index in [9.17, 15) is 4.79 Å². The van der Waals surface area contributed by atoms with E-state index in [0.29, 0.717) is 0 Å². The van der Waals surface area contributed by atoms with Crippen molar-refractivity contribution in [3.8, 4) is 0 Å². The molecule has 0 radical (unpaired) electrons. The lowest BCUT2D eigenvalue weighted by Gasteiger charge is -2.19. The first-order valence-corrected chi connectivity index (χ1v) is 4.74. The molecule has 3 nitrogen and oxygen atoms in total. The highest BCUT2D eigenvalue weighted by molar-refractivity contribution is 5.73. The van der Waals surface area contributed by atoms with E-state index in [1.807, 2.05) is 14.1 Å². The van der Waals surface area contributed by atoms with Crippen LogP contribution in [0.4, 0.5) is 0 Å². The fourth-order valence-corrected chi connectivity index (χ4v) is 1.10. The fraction of sp³-hybridized carbons (Fsp3) is 0.900. The molecule has 0 saturated heterocycles. The first-order chi connectivity index (χ1) is 5.86. The summed E-state index contributed by atoms with van der Waals surface area (Å²) >= 11 is 0. The summed E-state index contributed by atoms with van der Waals surface area (Å²) in [6, 6.07) is 0. The molecule has 0 aromatic carbocycles. The van der Waals surface area contributed by atoms with Gasteiger partial charge in [-0.2, -0.15) is 0 Å². The van der Waals surface area contributed by atoms with Gasteiger partial charge in [0, 0.05) is 0 Å². The molecular formula is C10H21NO2. The molecule has 13 heavy (non-hydrogen) atoms. The van der Waals surface area contributed by atoms with Crippen molar-refractivity contribution in [3.05, 3.63) is 0 Å². The highest BCUT2D eigenvalue weighted by Crippen LogP contribution is 2.23. The molecule has 0 aliphatic carbocycles. The summed E-state index contributed by atoms with van der Waals surface area (Å²) < 4.78 is 0. The van der Waals surface area contributed by atoms with Crippen LogP contribution in [-0.2, 0) is 4.79 Å². The molecule has 1 N–H and O–H groups in total. The highest BCUT2D eigenvalue weighted by atomic mass is 16.4. The van der Waals surface area contributed by atoms with E-state index in [-0.39, 0.29) is 0 Å². The van der Waals surface area contributed by atoms with Crippen LogP contribution in [0, 0.1) is 5.41 Å². The van der Waals surface area contributed by atoms with Gasteiger partial charge in [-0.3, -0.25) is 4.79 Å². The monoisotopic (exact) mass is 187 g/mol. The lowest BCUT2D eigenvalue weighted by Crippen LogP contribution is -2.23. The number of rotatable bonds is 6. The minimum absolute atomic E-state index is 0.563. The maximum atomic E-state index is 10.7. The summed E-state index contributed by atoms with van der Waals surface area (Å²) in [4.78, 5) is 12.9. The van der Waals surface area contributed by atoms with Gasteiger partial charge in [-0.05, 0) is 47.3 Å². The molecule has 0 saturated carbocycles. The van der Waals surface area contributed by atoms with Gasteiger partial charge in [-0.15, -0.1) is 0 Å². The number of carboxylic acids is 1. The van der Waals surface area contributed by atoms with E-state index >= 15 is 0 Å². The second-order valence-corrected chi connectivity index (χ2v) is 4.45. The Labute approximate surface area is 80.7 Å². The molecule has 0 fully saturated rings. The van der Waals surface area contributed by atoms with Crippen molar-refractivity contribution in [3.63, 3.8) is 0 Å². The summed E-state index contributed by atoms with van der Waals surface area (Å²) in [5, 5.41) is 8.84. The third kappa shape index (κ3) is 5.64. The maximum absolute atomic E-state index is 10.7. The van der Waals surface area contributed by atoms with Gasteiger partial charge < -0.3 is 10.0 Å². The van der Waals surface area contributed by atoms with E-state index in [2.05, 4.69) is 4.90 Å². The van der Waals surface area contributed by atoms with Crippen LogP contribution < -0.4 is 0 Å². The summed E-state index contributed by atoms with van der Waals surface area (Å²) in [7, 11) is 4.06. The Bertz CT molecular complexity index is 164. The van der Waals surface area contributed by atoms with Gasteiger partial charge in [-0.1, -0.05) is 6.42 Å². The minimum Gasteiger partial charge on any atom is -0.481 e. The molecule has 0 aliphatic rings. The van der Waals surface area contributed by atoms with Gasteiger partial charge in [0.05, 0.1) is 5.41 Å². The maximum Gasteiger partial charge on any atom is 0.309 e. The predicted octanol–water partition coefficient (Wildman–Crippen LogP) is 1.83.